The summed E-state index contributed by atoms with van der Waals surface area (Å²) in [6, 6.07) is 4.41. The number of rotatable bonds is 4. The number of aromatic nitrogens is 1. The number of hydrogen-bond donors (Lipinski definition) is 2. The topological polar surface area (TPSA) is 60.5 Å². The Morgan fingerprint density at radius 2 is 1.95 bits per heavy atom. The van der Waals surface area contributed by atoms with Crippen LogP contribution in [0.4, 0.5) is 5.69 Å². The van der Waals surface area contributed by atoms with E-state index in [1.807, 2.05) is 29.4 Å². The summed E-state index contributed by atoms with van der Waals surface area (Å²) in [5.74, 6) is 0.237. The van der Waals surface area contributed by atoms with E-state index in [-0.39, 0.29) is 11.9 Å². The number of hydrogen-bond acceptors (Lipinski definition) is 5. The molecular weight excluding hydrogens is 278 g/mol. The molecule has 0 bridgehead atoms. The van der Waals surface area contributed by atoms with Gasteiger partial charge in [0.25, 0.3) is 0 Å². The van der Waals surface area contributed by atoms with Gasteiger partial charge in [0.1, 0.15) is 6.04 Å². The van der Waals surface area contributed by atoms with Crippen LogP contribution in [0.2, 0.25) is 0 Å². The summed E-state index contributed by atoms with van der Waals surface area (Å²) in [7, 11) is 0. The predicted octanol–water partition coefficient (Wildman–Crippen LogP) is 0.765. The van der Waals surface area contributed by atoms with Gasteiger partial charge < -0.3 is 9.80 Å². The van der Waals surface area contributed by atoms with Gasteiger partial charge in [-0.05, 0) is 25.0 Å². The molecule has 2 atom stereocenters. The van der Waals surface area contributed by atoms with Crippen LogP contribution in [0.3, 0.4) is 0 Å². The maximum atomic E-state index is 12.6. The highest BCUT2D eigenvalue weighted by Crippen LogP contribution is 2.17. The van der Waals surface area contributed by atoms with E-state index in [0.29, 0.717) is 6.04 Å². The lowest BCUT2D eigenvalue weighted by Gasteiger charge is -2.37. The molecule has 22 heavy (non-hydrogen) atoms. The molecule has 120 valence electrons. The van der Waals surface area contributed by atoms with Gasteiger partial charge in [-0.25, -0.2) is 5.43 Å². The first-order valence-corrected chi connectivity index (χ1v) is 8.22. The minimum atomic E-state index is -0.0657. The van der Waals surface area contributed by atoms with Crippen LogP contribution in [0.25, 0.3) is 0 Å². The number of pyridine rings is 1. The van der Waals surface area contributed by atoms with Gasteiger partial charge in [0.05, 0.1) is 0 Å². The average molecular weight is 303 g/mol. The van der Waals surface area contributed by atoms with Crippen molar-refractivity contribution >= 4 is 11.6 Å². The summed E-state index contributed by atoms with van der Waals surface area (Å²) in [5, 5.41) is 0. The predicted molar refractivity (Wildman–Crippen MR) is 86.4 cm³/mol. The van der Waals surface area contributed by atoms with Crippen molar-refractivity contribution in [2.24, 2.45) is 0 Å². The molecule has 2 saturated heterocycles. The number of piperazine rings is 1. The summed E-state index contributed by atoms with van der Waals surface area (Å²) >= 11 is 0. The van der Waals surface area contributed by atoms with Crippen molar-refractivity contribution in [3.63, 3.8) is 0 Å². The third-order valence-corrected chi connectivity index (χ3v) is 4.54. The summed E-state index contributed by atoms with van der Waals surface area (Å²) in [5.41, 5.74) is 7.60. The molecule has 0 aliphatic carbocycles. The van der Waals surface area contributed by atoms with Gasteiger partial charge in [0, 0.05) is 50.3 Å². The van der Waals surface area contributed by atoms with E-state index in [0.717, 1.165) is 45.4 Å². The number of carbonyl (C=O) groups excluding carboxylic acids is 1. The normalized spacial score (nSPS) is 25.5. The lowest BCUT2D eigenvalue weighted by molar-refractivity contribution is -0.133. The highest BCUT2D eigenvalue weighted by molar-refractivity contribution is 5.82. The fourth-order valence-corrected chi connectivity index (χ4v) is 3.28. The molecule has 2 aliphatic rings. The van der Waals surface area contributed by atoms with E-state index in [1.165, 1.54) is 5.69 Å². The zero-order valence-corrected chi connectivity index (χ0v) is 13.2. The Labute approximate surface area is 131 Å². The molecule has 6 heteroatoms. The zero-order valence-electron chi connectivity index (χ0n) is 13.2. The minimum Gasteiger partial charge on any atom is -0.368 e. The summed E-state index contributed by atoms with van der Waals surface area (Å²) in [6.07, 6.45) is 6.79. The first-order chi connectivity index (χ1) is 10.8. The van der Waals surface area contributed by atoms with E-state index in [1.54, 1.807) is 0 Å². The molecule has 2 fully saturated rings. The van der Waals surface area contributed by atoms with Crippen molar-refractivity contribution in [2.75, 3.05) is 31.1 Å². The molecular formula is C16H25N5O. The smallest absolute Gasteiger partial charge is 0.241 e. The van der Waals surface area contributed by atoms with Gasteiger partial charge in [-0.2, -0.15) is 0 Å². The van der Waals surface area contributed by atoms with E-state index >= 15 is 0 Å². The third-order valence-electron chi connectivity index (χ3n) is 4.54. The van der Waals surface area contributed by atoms with Crippen LogP contribution in [0.5, 0.6) is 0 Å². The van der Waals surface area contributed by atoms with Crippen LogP contribution in [0.1, 0.15) is 26.2 Å². The molecule has 1 aromatic rings. The van der Waals surface area contributed by atoms with Gasteiger partial charge in [0.15, 0.2) is 0 Å². The summed E-state index contributed by atoms with van der Waals surface area (Å²) in [6.45, 7) is 5.52. The van der Waals surface area contributed by atoms with Crippen molar-refractivity contribution in [3.05, 3.63) is 24.5 Å². The van der Waals surface area contributed by atoms with E-state index < -0.39 is 0 Å². The molecule has 2 aliphatic heterocycles. The highest BCUT2D eigenvalue weighted by atomic mass is 16.2. The number of amides is 1. The summed E-state index contributed by atoms with van der Waals surface area (Å²) < 4.78 is 0. The van der Waals surface area contributed by atoms with Gasteiger partial charge in [-0.3, -0.25) is 15.2 Å². The van der Waals surface area contributed by atoms with Crippen LogP contribution in [0, 0.1) is 0 Å². The first kappa shape index (κ1) is 15.2. The molecule has 0 radical (unpaired) electrons. The van der Waals surface area contributed by atoms with Crippen LogP contribution in [-0.2, 0) is 4.79 Å². The van der Waals surface area contributed by atoms with Gasteiger partial charge in [0.2, 0.25) is 5.91 Å². The van der Waals surface area contributed by atoms with Crippen LogP contribution < -0.4 is 15.8 Å². The maximum Gasteiger partial charge on any atom is 0.241 e. The standard InChI is InChI=1S/C16H25N5O/c1-2-3-13-12-15(19-18-13)16(22)21-10-8-20(9-11-21)14-4-6-17-7-5-14/h4-7,13,15,18-19H,2-3,8-12H2,1H3. The second-order valence-electron chi connectivity index (χ2n) is 6.08. The highest BCUT2D eigenvalue weighted by Gasteiger charge is 2.33. The second kappa shape index (κ2) is 7.07. The lowest BCUT2D eigenvalue weighted by atomic mass is 10.0. The quantitative estimate of drug-likeness (QED) is 0.860. The fraction of sp³-hybridized carbons (Fsp3) is 0.625. The fourth-order valence-electron chi connectivity index (χ4n) is 3.28. The van der Waals surface area contributed by atoms with E-state index in [4.69, 9.17) is 0 Å². The van der Waals surface area contributed by atoms with Gasteiger partial charge in [-0.15, -0.1) is 0 Å². The molecule has 2 N–H and O–H groups in total. The maximum absolute atomic E-state index is 12.6. The Balaban J connectivity index is 1.50. The molecule has 0 saturated carbocycles. The van der Waals surface area contributed by atoms with E-state index in [2.05, 4.69) is 27.7 Å². The monoisotopic (exact) mass is 303 g/mol. The number of hydrazine groups is 1. The van der Waals surface area contributed by atoms with Crippen molar-refractivity contribution in [1.82, 2.24) is 20.7 Å². The molecule has 1 amide bonds. The molecule has 3 heterocycles. The second-order valence-corrected chi connectivity index (χ2v) is 6.08. The van der Waals surface area contributed by atoms with Crippen LogP contribution in [0.15, 0.2) is 24.5 Å². The molecule has 3 rings (SSSR count). The molecule has 0 spiro atoms. The minimum absolute atomic E-state index is 0.0657. The van der Waals surface area contributed by atoms with Crippen molar-refractivity contribution in [2.45, 2.75) is 38.3 Å². The Morgan fingerprint density at radius 1 is 1.23 bits per heavy atom. The van der Waals surface area contributed by atoms with Crippen LogP contribution >= 0.6 is 0 Å². The largest absolute Gasteiger partial charge is 0.368 e. The Hall–Kier alpha value is -1.66. The SMILES string of the molecule is CCCC1CC(C(=O)N2CCN(c3ccncc3)CC2)NN1. The van der Waals surface area contributed by atoms with Crippen molar-refractivity contribution < 1.29 is 4.79 Å². The summed E-state index contributed by atoms with van der Waals surface area (Å²) in [4.78, 5) is 20.9. The number of nitrogens with one attached hydrogen (secondary N) is 2. The van der Waals surface area contributed by atoms with Crippen molar-refractivity contribution in [3.8, 4) is 0 Å². The third kappa shape index (κ3) is 3.39. The Morgan fingerprint density at radius 3 is 2.64 bits per heavy atom. The van der Waals surface area contributed by atoms with Gasteiger partial charge >= 0.3 is 0 Å². The Kier molecular flexibility index (Phi) is 4.90. The van der Waals surface area contributed by atoms with E-state index in [9.17, 15) is 4.79 Å². The zero-order chi connectivity index (χ0) is 15.4. The lowest BCUT2D eigenvalue weighted by Crippen LogP contribution is -2.53. The first-order valence-electron chi connectivity index (χ1n) is 8.22. The molecule has 2 unspecified atom stereocenters. The van der Waals surface area contributed by atoms with Crippen molar-refractivity contribution in [1.29, 1.82) is 0 Å². The number of carbonyl (C=O) groups is 1. The number of nitrogens with zero attached hydrogens (tertiary/aromatic N) is 3. The number of anilines is 1. The Bertz CT molecular complexity index is 487. The molecule has 1 aromatic heterocycles. The average Bonchev–Trinajstić information content (AvgIpc) is 3.04. The molecule has 0 aromatic carbocycles. The molecule has 6 nitrogen and oxygen atoms in total. The van der Waals surface area contributed by atoms with Crippen LogP contribution in [-0.4, -0.2) is 54.1 Å². The van der Waals surface area contributed by atoms with Gasteiger partial charge in [-0.1, -0.05) is 13.3 Å².